The molecule has 2 aliphatic heterocycles. The molecule has 0 amide bonds. The Morgan fingerprint density at radius 3 is 2.20 bits per heavy atom. The molecule has 5 heteroatoms. The molecule has 1 aromatic carbocycles. The van der Waals surface area contributed by atoms with E-state index in [4.69, 9.17) is 14.0 Å². The van der Waals surface area contributed by atoms with Crippen LogP contribution in [0.1, 0.15) is 39.5 Å². The Hall–Kier alpha value is -1.46. The third kappa shape index (κ3) is 2.21. The summed E-state index contributed by atoms with van der Waals surface area (Å²) >= 11 is 0. The first-order valence-corrected chi connectivity index (χ1v) is 6.92. The predicted octanol–water partition coefficient (Wildman–Crippen LogP) is 2.78. The average molecular weight is 273 g/mol. The fourth-order valence-electron chi connectivity index (χ4n) is 2.24. The van der Waals surface area contributed by atoms with Gasteiger partial charge < -0.3 is 19.4 Å². The summed E-state index contributed by atoms with van der Waals surface area (Å²) in [5.41, 5.74) is 1.06. The maximum absolute atomic E-state index is 5.98. The van der Waals surface area contributed by atoms with Gasteiger partial charge in [-0.25, -0.2) is 0 Å². The minimum absolute atomic E-state index is 0.176. The normalized spacial score (nSPS) is 26.9. The van der Waals surface area contributed by atoms with Crippen LogP contribution in [-0.2, 0) is 14.0 Å². The van der Waals surface area contributed by atoms with E-state index in [0.29, 0.717) is 5.66 Å². The van der Waals surface area contributed by atoms with Gasteiger partial charge in [0.1, 0.15) is 5.66 Å². The molecule has 1 N–H and O–H groups in total. The molecule has 1 atom stereocenters. The van der Waals surface area contributed by atoms with Gasteiger partial charge in [-0.3, -0.25) is 0 Å². The lowest BCUT2D eigenvalue weighted by Crippen LogP contribution is -2.41. The van der Waals surface area contributed by atoms with Crippen LogP contribution in [0.5, 0.6) is 0 Å². The Balaban J connectivity index is 1.70. The Kier molecular flexibility index (Phi) is 3.07. The first-order valence-electron chi connectivity index (χ1n) is 6.92. The van der Waals surface area contributed by atoms with Crippen molar-refractivity contribution in [3.8, 4) is 0 Å². The molecular weight excluding hydrogens is 253 g/mol. The van der Waals surface area contributed by atoms with Crippen molar-refractivity contribution in [2.45, 2.75) is 45.1 Å². The molecule has 0 aromatic heterocycles. The molecule has 1 fully saturated rings. The molecule has 1 saturated heterocycles. The van der Waals surface area contributed by atoms with Crippen molar-refractivity contribution in [2.24, 2.45) is 0 Å². The molecule has 0 bridgehead atoms. The van der Waals surface area contributed by atoms with Crippen molar-refractivity contribution >= 4 is 7.12 Å². The largest absolute Gasteiger partial charge is 0.533 e. The van der Waals surface area contributed by atoms with Gasteiger partial charge in [0.25, 0.3) is 0 Å². The van der Waals surface area contributed by atoms with Crippen LogP contribution >= 0.6 is 0 Å². The van der Waals surface area contributed by atoms with Gasteiger partial charge >= 0.3 is 7.12 Å². The summed E-state index contributed by atoms with van der Waals surface area (Å²) < 4.78 is 17.9. The van der Waals surface area contributed by atoms with Crippen LogP contribution in [0.4, 0.5) is 0 Å². The molecule has 0 spiro atoms. The van der Waals surface area contributed by atoms with Gasteiger partial charge in [0.05, 0.1) is 11.2 Å². The lowest BCUT2D eigenvalue weighted by atomic mass is 9.87. The molecule has 1 aromatic rings. The third-order valence-electron chi connectivity index (χ3n) is 4.22. The van der Waals surface area contributed by atoms with Crippen LogP contribution in [-0.4, -0.2) is 18.3 Å². The molecule has 20 heavy (non-hydrogen) atoms. The highest BCUT2D eigenvalue weighted by atomic mass is 16.7. The second-order valence-electron chi connectivity index (χ2n) is 6.21. The Morgan fingerprint density at radius 2 is 1.60 bits per heavy atom. The molecule has 4 nitrogen and oxygen atoms in total. The van der Waals surface area contributed by atoms with Crippen molar-refractivity contribution < 1.29 is 14.0 Å². The monoisotopic (exact) mass is 273 g/mol. The van der Waals surface area contributed by atoms with Crippen molar-refractivity contribution in [1.29, 1.82) is 0 Å². The minimum atomic E-state index is -0.457. The maximum atomic E-state index is 5.98. The zero-order chi connectivity index (χ0) is 14.4. The smallest absolute Gasteiger partial charge is 0.473 e. The number of ether oxygens (including phenoxy) is 1. The maximum Gasteiger partial charge on any atom is 0.533 e. The summed E-state index contributed by atoms with van der Waals surface area (Å²) in [6.07, 6.45) is 1.66. The number of hydrogen-bond donors (Lipinski definition) is 1. The SMILES string of the molecule is CC1(C)OB(C2=CNC(c3ccccc3)O2)OC1(C)C. The average Bonchev–Trinajstić information content (AvgIpc) is 2.94. The Labute approximate surface area is 120 Å². The van der Waals surface area contributed by atoms with Gasteiger partial charge in [-0.2, -0.15) is 0 Å². The third-order valence-corrected chi connectivity index (χ3v) is 4.22. The van der Waals surface area contributed by atoms with Gasteiger partial charge in [-0.1, -0.05) is 30.3 Å². The molecule has 0 saturated carbocycles. The Morgan fingerprint density at radius 1 is 1.00 bits per heavy atom. The number of nitrogens with one attached hydrogen (secondary N) is 1. The van der Waals surface area contributed by atoms with Crippen LogP contribution in [0, 0.1) is 0 Å². The van der Waals surface area contributed by atoms with E-state index in [0.717, 1.165) is 5.56 Å². The van der Waals surface area contributed by atoms with Gasteiger partial charge in [-0.15, -0.1) is 0 Å². The van der Waals surface area contributed by atoms with E-state index in [1.807, 2.05) is 64.2 Å². The highest BCUT2D eigenvalue weighted by Crippen LogP contribution is 2.40. The van der Waals surface area contributed by atoms with Crippen LogP contribution in [0.2, 0.25) is 0 Å². The molecule has 3 rings (SSSR count). The lowest BCUT2D eigenvalue weighted by Gasteiger charge is -2.32. The van der Waals surface area contributed by atoms with E-state index in [2.05, 4.69) is 5.32 Å². The zero-order valence-electron chi connectivity index (χ0n) is 12.3. The fourth-order valence-corrected chi connectivity index (χ4v) is 2.24. The van der Waals surface area contributed by atoms with E-state index in [-0.39, 0.29) is 17.4 Å². The van der Waals surface area contributed by atoms with Crippen LogP contribution in [0.3, 0.4) is 0 Å². The van der Waals surface area contributed by atoms with Crippen LogP contribution < -0.4 is 5.32 Å². The van der Waals surface area contributed by atoms with E-state index in [1.54, 1.807) is 0 Å². The fraction of sp³-hybridized carbons (Fsp3) is 0.467. The summed E-state index contributed by atoms with van der Waals surface area (Å²) in [6.45, 7) is 8.13. The molecule has 106 valence electrons. The molecule has 2 aliphatic rings. The minimum Gasteiger partial charge on any atom is -0.473 e. The van der Waals surface area contributed by atoms with E-state index < -0.39 is 7.12 Å². The summed E-state index contributed by atoms with van der Waals surface area (Å²) in [5, 5.41) is 3.21. The summed E-state index contributed by atoms with van der Waals surface area (Å²) in [5.74, 6) is 0. The summed E-state index contributed by atoms with van der Waals surface area (Å²) in [6, 6.07) is 10.0. The molecular formula is C15H20BNO3. The van der Waals surface area contributed by atoms with E-state index >= 15 is 0 Å². The Bertz CT molecular complexity index is 511. The first-order chi connectivity index (χ1) is 9.39. The number of rotatable bonds is 2. The lowest BCUT2D eigenvalue weighted by molar-refractivity contribution is 0.00578. The number of benzene rings is 1. The second-order valence-corrected chi connectivity index (χ2v) is 6.21. The summed E-state index contributed by atoms with van der Waals surface area (Å²) in [4.78, 5) is 0. The van der Waals surface area contributed by atoms with Crippen LogP contribution in [0.15, 0.2) is 42.2 Å². The quantitative estimate of drug-likeness (QED) is 0.841. The van der Waals surface area contributed by atoms with Gasteiger partial charge in [-0.05, 0) is 27.7 Å². The molecule has 0 radical (unpaired) electrons. The second kappa shape index (κ2) is 4.53. The molecule has 2 heterocycles. The topological polar surface area (TPSA) is 39.7 Å². The standard InChI is InChI=1S/C15H20BNO3/c1-14(2)15(3,4)20-16(19-14)12-10-17-13(18-12)11-8-6-5-7-9-11/h5-10,13,17H,1-4H3. The van der Waals surface area contributed by atoms with Crippen molar-refractivity contribution in [3.05, 3.63) is 47.8 Å². The zero-order valence-corrected chi connectivity index (χ0v) is 12.3. The highest BCUT2D eigenvalue weighted by molar-refractivity contribution is 6.53. The predicted molar refractivity (Wildman–Crippen MR) is 77.6 cm³/mol. The van der Waals surface area contributed by atoms with Crippen LogP contribution in [0.25, 0.3) is 0 Å². The van der Waals surface area contributed by atoms with Gasteiger partial charge in [0, 0.05) is 11.8 Å². The van der Waals surface area contributed by atoms with E-state index in [1.165, 1.54) is 0 Å². The van der Waals surface area contributed by atoms with Crippen molar-refractivity contribution in [2.75, 3.05) is 0 Å². The van der Waals surface area contributed by atoms with Crippen molar-refractivity contribution in [1.82, 2.24) is 5.32 Å². The van der Waals surface area contributed by atoms with Gasteiger partial charge in [0.2, 0.25) is 0 Å². The van der Waals surface area contributed by atoms with Gasteiger partial charge in [0.15, 0.2) is 6.23 Å². The summed E-state index contributed by atoms with van der Waals surface area (Å²) in [7, 11) is -0.457. The highest BCUT2D eigenvalue weighted by Gasteiger charge is 2.54. The first kappa shape index (κ1) is 13.5. The molecule has 0 aliphatic carbocycles. The van der Waals surface area contributed by atoms with E-state index in [9.17, 15) is 0 Å². The van der Waals surface area contributed by atoms with Crippen molar-refractivity contribution in [3.63, 3.8) is 0 Å². The molecule has 1 unspecified atom stereocenters. The number of hydrogen-bond acceptors (Lipinski definition) is 4.